The van der Waals surface area contributed by atoms with Crippen LogP contribution in [0.2, 0.25) is 0 Å². The van der Waals surface area contributed by atoms with Crippen LogP contribution in [0, 0.1) is 0 Å². The molecule has 3 aromatic carbocycles. The predicted molar refractivity (Wildman–Crippen MR) is 122 cm³/mol. The lowest BCUT2D eigenvalue weighted by molar-refractivity contribution is 0.0697. The van der Waals surface area contributed by atoms with Gasteiger partial charge in [-0.15, -0.1) is 0 Å². The summed E-state index contributed by atoms with van der Waals surface area (Å²) < 4.78 is 11.7. The molecule has 1 aliphatic rings. The quantitative estimate of drug-likeness (QED) is 0.476. The third-order valence-corrected chi connectivity index (χ3v) is 5.49. The number of ether oxygens (including phenoxy) is 2. The van der Waals surface area contributed by atoms with Crippen molar-refractivity contribution in [3.05, 3.63) is 83.9 Å². The molecule has 0 saturated heterocycles. The minimum atomic E-state index is -0.925. The molecule has 2 unspecified atom stereocenters. The topological polar surface area (TPSA) is 88.0 Å². The maximum Gasteiger partial charge on any atom is 0.335 e. The molecule has 0 spiro atoms. The summed E-state index contributed by atoms with van der Waals surface area (Å²) in [4.78, 5) is 11.0. The van der Waals surface area contributed by atoms with Crippen molar-refractivity contribution in [2.75, 3.05) is 19.7 Å². The first-order chi connectivity index (χ1) is 15.6. The minimum Gasteiger partial charge on any atom is -0.491 e. The molecule has 1 heterocycles. The van der Waals surface area contributed by atoms with Gasteiger partial charge < -0.3 is 25.0 Å². The van der Waals surface area contributed by atoms with Gasteiger partial charge in [-0.3, -0.25) is 0 Å². The van der Waals surface area contributed by atoms with Crippen molar-refractivity contribution in [2.24, 2.45) is 0 Å². The lowest BCUT2D eigenvalue weighted by Gasteiger charge is -2.27. The Labute approximate surface area is 187 Å². The number of aromatic carboxylic acids is 1. The zero-order valence-corrected chi connectivity index (χ0v) is 17.7. The van der Waals surface area contributed by atoms with Crippen LogP contribution >= 0.6 is 0 Å². The molecule has 0 saturated carbocycles. The van der Waals surface area contributed by atoms with Crippen LogP contribution in [0.3, 0.4) is 0 Å². The van der Waals surface area contributed by atoms with Crippen LogP contribution < -0.4 is 14.8 Å². The van der Waals surface area contributed by atoms with Gasteiger partial charge in [0.25, 0.3) is 0 Å². The van der Waals surface area contributed by atoms with E-state index in [2.05, 4.69) is 11.4 Å². The molecule has 3 aromatic rings. The summed E-state index contributed by atoms with van der Waals surface area (Å²) in [6.45, 7) is 1.33. The molecule has 0 radical (unpaired) electrons. The van der Waals surface area contributed by atoms with Gasteiger partial charge in [0.05, 0.1) is 5.56 Å². The Morgan fingerprint density at radius 2 is 1.81 bits per heavy atom. The molecule has 3 N–H and O–H groups in total. The highest BCUT2D eigenvalue weighted by Gasteiger charge is 2.20. The number of benzene rings is 3. The van der Waals surface area contributed by atoms with Gasteiger partial charge in [0, 0.05) is 13.1 Å². The van der Waals surface area contributed by atoms with E-state index in [0.29, 0.717) is 13.1 Å². The van der Waals surface area contributed by atoms with Gasteiger partial charge in [-0.2, -0.15) is 0 Å². The minimum absolute atomic E-state index is 0.0467. The summed E-state index contributed by atoms with van der Waals surface area (Å²) in [5.41, 5.74) is 3.45. The van der Waals surface area contributed by atoms with Gasteiger partial charge in [-0.25, -0.2) is 4.79 Å². The number of carboxylic acids is 1. The Hall–Kier alpha value is -3.35. The maximum absolute atomic E-state index is 11.0. The largest absolute Gasteiger partial charge is 0.491 e. The molecule has 1 aliphatic heterocycles. The first-order valence-corrected chi connectivity index (χ1v) is 10.8. The van der Waals surface area contributed by atoms with Gasteiger partial charge in [0.15, 0.2) is 0 Å². The van der Waals surface area contributed by atoms with Crippen LogP contribution in [0.15, 0.2) is 72.8 Å². The second-order valence-electron chi connectivity index (χ2n) is 7.92. The standard InChI is InChI=1S/C26H27NO5/c28-22(17-31-23-4-2-1-3-5-23)15-27-16-24-12-10-21-14-20(11-13-25(21)32-24)18-6-8-19(9-7-18)26(29)30/h1-9,11,13-14,22,24,27-28H,10,12,15-17H2,(H,29,30). The average Bonchev–Trinajstić information content (AvgIpc) is 2.83. The van der Waals surface area contributed by atoms with E-state index in [1.807, 2.05) is 54.6 Å². The van der Waals surface area contributed by atoms with E-state index < -0.39 is 12.1 Å². The number of aliphatic hydroxyl groups excluding tert-OH is 1. The van der Waals surface area contributed by atoms with E-state index in [1.165, 1.54) is 0 Å². The number of hydrogen-bond donors (Lipinski definition) is 3. The van der Waals surface area contributed by atoms with Crippen molar-refractivity contribution in [1.82, 2.24) is 5.32 Å². The molecular weight excluding hydrogens is 406 g/mol. The molecule has 32 heavy (non-hydrogen) atoms. The van der Waals surface area contributed by atoms with Gasteiger partial charge in [-0.05, 0) is 65.9 Å². The highest BCUT2D eigenvalue weighted by Crippen LogP contribution is 2.32. The van der Waals surface area contributed by atoms with Crippen LogP contribution in [0.5, 0.6) is 11.5 Å². The lowest BCUT2D eigenvalue weighted by Crippen LogP contribution is -2.39. The number of nitrogens with one attached hydrogen (secondary N) is 1. The molecule has 2 atom stereocenters. The van der Waals surface area contributed by atoms with Crippen molar-refractivity contribution < 1.29 is 24.5 Å². The summed E-state index contributed by atoms with van der Waals surface area (Å²) >= 11 is 0. The molecular formula is C26H27NO5. The fourth-order valence-electron chi connectivity index (χ4n) is 3.75. The van der Waals surface area contributed by atoms with Gasteiger partial charge in [-0.1, -0.05) is 36.4 Å². The van der Waals surface area contributed by atoms with Gasteiger partial charge >= 0.3 is 5.97 Å². The Balaban J connectivity index is 1.25. The van der Waals surface area contributed by atoms with Gasteiger partial charge in [0.2, 0.25) is 0 Å². The number of carbonyl (C=O) groups is 1. The van der Waals surface area contributed by atoms with E-state index in [4.69, 9.17) is 14.6 Å². The third kappa shape index (κ3) is 5.66. The first-order valence-electron chi connectivity index (χ1n) is 10.8. The van der Waals surface area contributed by atoms with Crippen molar-refractivity contribution in [2.45, 2.75) is 25.0 Å². The highest BCUT2D eigenvalue weighted by molar-refractivity contribution is 5.88. The number of carboxylic acid groups (broad SMARTS) is 1. The predicted octanol–water partition coefficient (Wildman–Crippen LogP) is 3.77. The zero-order chi connectivity index (χ0) is 22.3. The normalized spacial score (nSPS) is 16.0. The molecule has 0 aromatic heterocycles. The summed E-state index contributed by atoms with van der Waals surface area (Å²) in [7, 11) is 0. The number of hydrogen-bond acceptors (Lipinski definition) is 5. The van der Waals surface area contributed by atoms with Crippen LogP contribution in [-0.4, -0.2) is 48.1 Å². The number of fused-ring (bicyclic) bond motifs is 1. The zero-order valence-electron chi connectivity index (χ0n) is 17.7. The Bertz CT molecular complexity index is 1040. The highest BCUT2D eigenvalue weighted by atomic mass is 16.5. The van der Waals surface area contributed by atoms with E-state index >= 15 is 0 Å². The van der Waals surface area contributed by atoms with E-state index in [-0.39, 0.29) is 18.3 Å². The molecule has 0 aliphatic carbocycles. The molecule has 0 amide bonds. The van der Waals surface area contributed by atoms with Crippen LogP contribution in [0.1, 0.15) is 22.3 Å². The molecule has 6 nitrogen and oxygen atoms in total. The Kier molecular flexibility index (Phi) is 7.04. The fourth-order valence-corrected chi connectivity index (χ4v) is 3.75. The molecule has 4 rings (SSSR count). The van der Waals surface area contributed by atoms with E-state index in [9.17, 15) is 9.90 Å². The van der Waals surface area contributed by atoms with E-state index in [0.717, 1.165) is 41.0 Å². The monoisotopic (exact) mass is 433 g/mol. The average molecular weight is 434 g/mol. The number of para-hydroxylation sites is 1. The second kappa shape index (κ2) is 10.3. The van der Waals surface area contributed by atoms with Crippen LogP contribution in [0.25, 0.3) is 11.1 Å². The van der Waals surface area contributed by atoms with Crippen LogP contribution in [-0.2, 0) is 6.42 Å². The summed E-state index contributed by atoms with van der Waals surface area (Å²) in [5.74, 6) is 0.698. The van der Waals surface area contributed by atoms with Gasteiger partial charge in [0.1, 0.15) is 30.3 Å². The molecule has 166 valence electrons. The van der Waals surface area contributed by atoms with Crippen molar-refractivity contribution in [3.63, 3.8) is 0 Å². The molecule has 6 heteroatoms. The SMILES string of the molecule is O=C(O)c1ccc(-c2ccc3c(c2)CCC(CNCC(O)COc2ccccc2)O3)cc1. The third-order valence-electron chi connectivity index (χ3n) is 5.49. The summed E-state index contributed by atoms with van der Waals surface area (Å²) in [6.07, 6.45) is 1.24. The Morgan fingerprint density at radius 3 is 2.56 bits per heavy atom. The molecule has 0 bridgehead atoms. The van der Waals surface area contributed by atoms with Crippen molar-refractivity contribution in [3.8, 4) is 22.6 Å². The van der Waals surface area contributed by atoms with E-state index in [1.54, 1.807) is 12.1 Å². The summed E-state index contributed by atoms with van der Waals surface area (Å²) in [6, 6.07) is 22.4. The smallest absolute Gasteiger partial charge is 0.335 e. The number of aryl methyl sites for hydroxylation is 1. The maximum atomic E-state index is 11.0. The lowest BCUT2D eigenvalue weighted by atomic mass is 9.96. The number of rotatable bonds is 9. The number of aliphatic hydroxyl groups is 1. The van der Waals surface area contributed by atoms with Crippen molar-refractivity contribution in [1.29, 1.82) is 0 Å². The second-order valence-corrected chi connectivity index (χ2v) is 7.92. The summed E-state index contributed by atoms with van der Waals surface area (Å²) in [5, 5.41) is 22.4. The molecule has 0 fully saturated rings. The Morgan fingerprint density at radius 1 is 1.06 bits per heavy atom. The first kappa shape index (κ1) is 21.9. The fraction of sp³-hybridized carbons (Fsp3) is 0.269. The van der Waals surface area contributed by atoms with Crippen molar-refractivity contribution >= 4 is 5.97 Å². The van der Waals surface area contributed by atoms with Crippen LogP contribution in [0.4, 0.5) is 0 Å².